The van der Waals surface area contributed by atoms with Gasteiger partial charge in [0.1, 0.15) is 0 Å². The smallest absolute Gasteiger partial charge is 0.0645 e. The maximum absolute atomic E-state index is 8.13. The normalized spacial score (nSPS) is 9.20. The van der Waals surface area contributed by atoms with Crippen LogP contribution in [0.4, 0.5) is 0 Å². The molecule has 0 aromatic rings. The SMILES string of the molecule is CSCCCOCCC#N. The van der Waals surface area contributed by atoms with Crippen molar-refractivity contribution >= 4 is 11.8 Å². The summed E-state index contributed by atoms with van der Waals surface area (Å²) in [7, 11) is 0. The number of nitriles is 1. The molecule has 0 spiro atoms. The van der Waals surface area contributed by atoms with Gasteiger partial charge >= 0.3 is 0 Å². The molecule has 3 heteroatoms. The molecule has 10 heavy (non-hydrogen) atoms. The van der Waals surface area contributed by atoms with Gasteiger partial charge in [-0.05, 0) is 18.4 Å². The molecule has 0 radical (unpaired) electrons. The summed E-state index contributed by atoms with van der Waals surface area (Å²) < 4.78 is 5.14. The van der Waals surface area contributed by atoms with Gasteiger partial charge in [0.2, 0.25) is 0 Å². The molecule has 0 aliphatic carbocycles. The molecule has 0 rings (SSSR count). The first-order valence-electron chi connectivity index (χ1n) is 3.35. The molecular formula is C7H13NOS. The summed E-state index contributed by atoms with van der Waals surface area (Å²) in [5.41, 5.74) is 0. The minimum absolute atomic E-state index is 0.513. The molecule has 0 aromatic carbocycles. The fourth-order valence-electron chi connectivity index (χ4n) is 0.525. The molecule has 2 nitrogen and oxygen atoms in total. The first-order chi connectivity index (χ1) is 4.91. The van der Waals surface area contributed by atoms with Gasteiger partial charge in [0.05, 0.1) is 19.1 Å². The second kappa shape index (κ2) is 8.80. The van der Waals surface area contributed by atoms with Crippen LogP contribution >= 0.6 is 11.8 Å². The lowest BCUT2D eigenvalue weighted by Gasteiger charge is -1.98. The van der Waals surface area contributed by atoms with Crippen LogP contribution in [0.5, 0.6) is 0 Å². The molecule has 0 saturated carbocycles. The molecule has 0 bridgehead atoms. The zero-order valence-corrected chi connectivity index (χ0v) is 7.12. The van der Waals surface area contributed by atoms with Crippen molar-refractivity contribution in [1.82, 2.24) is 0 Å². The average molecular weight is 159 g/mol. The quantitative estimate of drug-likeness (QED) is 0.553. The van der Waals surface area contributed by atoms with Crippen LogP contribution in [0, 0.1) is 11.3 Å². The lowest BCUT2D eigenvalue weighted by molar-refractivity contribution is 0.141. The minimum Gasteiger partial charge on any atom is -0.380 e. The van der Waals surface area contributed by atoms with Gasteiger partial charge in [0.15, 0.2) is 0 Å². The van der Waals surface area contributed by atoms with Gasteiger partial charge in [-0.15, -0.1) is 0 Å². The van der Waals surface area contributed by atoms with Crippen molar-refractivity contribution in [2.24, 2.45) is 0 Å². The highest BCUT2D eigenvalue weighted by atomic mass is 32.2. The van der Waals surface area contributed by atoms with Gasteiger partial charge < -0.3 is 4.74 Å². The Morgan fingerprint density at radius 2 is 2.30 bits per heavy atom. The van der Waals surface area contributed by atoms with Crippen molar-refractivity contribution in [3.8, 4) is 6.07 Å². The molecule has 0 unspecified atom stereocenters. The van der Waals surface area contributed by atoms with Crippen molar-refractivity contribution in [3.63, 3.8) is 0 Å². The van der Waals surface area contributed by atoms with E-state index in [9.17, 15) is 0 Å². The third-order valence-corrected chi connectivity index (χ3v) is 1.69. The lowest BCUT2D eigenvalue weighted by atomic mass is 10.5. The van der Waals surface area contributed by atoms with E-state index >= 15 is 0 Å². The maximum Gasteiger partial charge on any atom is 0.0645 e. The van der Waals surface area contributed by atoms with Crippen LogP contribution in [0.1, 0.15) is 12.8 Å². The highest BCUT2D eigenvalue weighted by Crippen LogP contribution is 1.95. The Morgan fingerprint density at radius 1 is 1.50 bits per heavy atom. The number of hydrogen-bond acceptors (Lipinski definition) is 3. The zero-order chi connectivity index (χ0) is 7.66. The zero-order valence-electron chi connectivity index (χ0n) is 6.30. The standard InChI is InChI=1S/C7H13NOS/c1-10-7-3-6-9-5-2-4-8/h2-3,5-7H2,1H3. The summed E-state index contributed by atoms with van der Waals surface area (Å²) in [6.45, 7) is 1.38. The Kier molecular flexibility index (Phi) is 8.62. The van der Waals surface area contributed by atoms with E-state index in [0.717, 1.165) is 18.8 Å². The summed E-state index contributed by atoms with van der Waals surface area (Å²) in [4.78, 5) is 0. The van der Waals surface area contributed by atoms with E-state index in [4.69, 9.17) is 10.00 Å². The number of ether oxygens (including phenoxy) is 1. The molecule has 0 aromatic heterocycles. The lowest BCUT2D eigenvalue weighted by Crippen LogP contribution is -1.96. The Hall–Kier alpha value is -0.200. The van der Waals surface area contributed by atoms with E-state index in [-0.39, 0.29) is 0 Å². The van der Waals surface area contributed by atoms with Crippen molar-refractivity contribution in [1.29, 1.82) is 5.26 Å². The first kappa shape index (κ1) is 9.80. The second-order valence-electron chi connectivity index (χ2n) is 1.87. The number of thioether (sulfide) groups is 1. The van der Waals surface area contributed by atoms with Crippen LogP contribution < -0.4 is 0 Å². The van der Waals surface area contributed by atoms with E-state index in [0.29, 0.717) is 13.0 Å². The predicted molar refractivity (Wildman–Crippen MR) is 44.0 cm³/mol. The van der Waals surface area contributed by atoms with E-state index < -0.39 is 0 Å². The van der Waals surface area contributed by atoms with Crippen LogP contribution in [0.3, 0.4) is 0 Å². The fraction of sp³-hybridized carbons (Fsp3) is 0.857. The minimum atomic E-state index is 0.513. The van der Waals surface area contributed by atoms with Gasteiger partial charge in [-0.3, -0.25) is 0 Å². The number of hydrogen-bond donors (Lipinski definition) is 0. The van der Waals surface area contributed by atoms with Crippen molar-refractivity contribution < 1.29 is 4.74 Å². The maximum atomic E-state index is 8.13. The summed E-state index contributed by atoms with van der Waals surface area (Å²) in [5.74, 6) is 1.15. The van der Waals surface area contributed by atoms with Gasteiger partial charge in [0, 0.05) is 6.61 Å². The molecule has 0 aliphatic rings. The molecule has 0 aliphatic heterocycles. The molecular weight excluding hydrogens is 146 g/mol. The third-order valence-electron chi connectivity index (χ3n) is 0.995. The molecule has 58 valence electrons. The Labute approximate surface area is 66.6 Å². The van der Waals surface area contributed by atoms with Gasteiger partial charge in [-0.2, -0.15) is 17.0 Å². The van der Waals surface area contributed by atoms with E-state index in [1.165, 1.54) is 0 Å². The van der Waals surface area contributed by atoms with Crippen LogP contribution in [0.15, 0.2) is 0 Å². The molecule has 0 atom stereocenters. The first-order valence-corrected chi connectivity index (χ1v) is 4.75. The van der Waals surface area contributed by atoms with Gasteiger partial charge in [0.25, 0.3) is 0 Å². The Morgan fingerprint density at radius 3 is 2.90 bits per heavy atom. The van der Waals surface area contributed by atoms with E-state index in [1.807, 2.05) is 17.8 Å². The second-order valence-corrected chi connectivity index (χ2v) is 2.85. The van der Waals surface area contributed by atoms with Crippen LogP contribution in [-0.4, -0.2) is 25.2 Å². The Balaban J connectivity index is 2.72. The monoisotopic (exact) mass is 159 g/mol. The summed E-state index contributed by atoms with van der Waals surface area (Å²) in [6, 6.07) is 2.03. The van der Waals surface area contributed by atoms with Crippen molar-refractivity contribution in [2.45, 2.75) is 12.8 Å². The topological polar surface area (TPSA) is 33.0 Å². The fourth-order valence-corrected chi connectivity index (χ4v) is 0.932. The van der Waals surface area contributed by atoms with Gasteiger partial charge in [-0.1, -0.05) is 0 Å². The molecule has 0 amide bonds. The molecule has 0 saturated heterocycles. The Bertz CT molecular complexity index is 100. The largest absolute Gasteiger partial charge is 0.380 e. The number of nitrogens with zero attached hydrogens (tertiary/aromatic N) is 1. The summed E-state index contributed by atoms with van der Waals surface area (Å²) in [6.07, 6.45) is 3.68. The molecule has 0 heterocycles. The third kappa shape index (κ3) is 7.80. The van der Waals surface area contributed by atoms with Crippen molar-refractivity contribution in [3.05, 3.63) is 0 Å². The predicted octanol–water partition coefficient (Wildman–Crippen LogP) is 1.67. The van der Waals surface area contributed by atoms with Crippen LogP contribution in [0.2, 0.25) is 0 Å². The highest BCUT2D eigenvalue weighted by molar-refractivity contribution is 7.98. The van der Waals surface area contributed by atoms with Gasteiger partial charge in [-0.25, -0.2) is 0 Å². The van der Waals surface area contributed by atoms with E-state index in [1.54, 1.807) is 0 Å². The average Bonchev–Trinajstić information content (AvgIpc) is 1.97. The highest BCUT2D eigenvalue weighted by Gasteiger charge is 1.86. The summed E-state index contributed by atoms with van der Waals surface area (Å²) >= 11 is 1.82. The van der Waals surface area contributed by atoms with E-state index in [2.05, 4.69) is 6.26 Å². The van der Waals surface area contributed by atoms with Crippen LogP contribution in [0.25, 0.3) is 0 Å². The van der Waals surface area contributed by atoms with Crippen LogP contribution in [-0.2, 0) is 4.74 Å². The van der Waals surface area contributed by atoms with Crippen molar-refractivity contribution in [2.75, 3.05) is 25.2 Å². The molecule has 0 N–H and O–H groups in total. The molecule has 0 fully saturated rings. The number of rotatable bonds is 6. The summed E-state index contributed by atoms with van der Waals surface area (Å²) in [5, 5.41) is 8.13.